The fourth-order valence-electron chi connectivity index (χ4n) is 4.22. The average molecular weight is 413 g/mol. The Morgan fingerprint density at radius 1 is 1.07 bits per heavy atom. The summed E-state index contributed by atoms with van der Waals surface area (Å²) in [5, 5.41) is 9.17. The number of hydrogen-bond acceptors (Lipinski definition) is 6. The first-order valence-corrected chi connectivity index (χ1v) is 10.1. The van der Waals surface area contributed by atoms with E-state index in [-0.39, 0.29) is 25.1 Å². The van der Waals surface area contributed by atoms with Crippen molar-refractivity contribution in [3.8, 4) is 0 Å². The molecule has 0 unspecified atom stereocenters. The largest absolute Gasteiger partial charge is 0.396 e. The van der Waals surface area contributed by atoms with Crippen LogP contribution in [-0.4, -0.2) is 68.6 Å². The highest BCUT2D eigenvalue weighted by molar-refractivity contribution is 6.07. The Morgan fingerprint density at radius 2 is 1.73 bits per heavy atom. The second-order valence-corrected chi connectivity index (χ2v) is 7.61. The van der Waals surface area contributed by atoms with E-state index in [4.69, 9.17) is 0 Å². The van der Waals surface area contributed by atoms with E-state index in [1.54, 1.807) is 4.90 Å². The van der Waals surface area contributed by atoms with Crippen molar-refractivity contribution in [1.82, 2.24) is 19.8 Å². The third-order valence-electron chi connectivity index (χ3n) is 5.83. The molecule has 3 heterocycles. The van der Waals surface area contributed by atoms with Crippen LogP contribution in [0.15, 0.2) is 42.7 Å². The summed E-state index contributed by atoms with van der Waals surface area (Å²) in [6.45, 7) is 1.41. The summed E-state index contributed by atoms with van der Waals surface area (Å²) >= 11 is 0. The van der Waals surface area contributed by atoms with E-state index in [1.807, 2.05) is 35.2 Å². The third-order valence-corrected chi connectivity index (χ3v) is 5.83. The Morgan fingerprint density at radius 3 is 2.37 bits per heavy atom. The lowest BCUT2D eigenvalue weighted by Gasteiger charge is -2.42. The van der Waals surface area contributed by atoms with Gasteiger partial charge in [-0.3, -0.25) is 9.69 Å². The first kappa shape index (κ1) is 20.2. The van der Waals surface area contributed by atoms with Gasteiger partial charge in [0.1, 0.15) is 5.54 Å². The van der Waals surface area contributed by atoms with Gasteiger partial charge in [-0.05, 0) is 24.8 Å². The zero-order valence-electron chi connectivity index (χ0n) is 16.6. The highest BCUT2D eigenvalue weighted by Crippen LogP contribution is 2.39. The second-order valence-electron chi connectivity index (χ2n) is 7.61. The molecule has 0 aliphatic carbocycles. The molecule has 2 aromatic rings. The standard InChI is InChI=1S/C21H24FN5O3/c22-17-13-23-19(24-14-17)25-10-7-21(8-11-25)18(29)26(9-4-12-28)20(30)27(21)15-16-5-2-1-3-6-16/h1-3,5-6,13-14,28H,4,7-12,15H2. The highest BCUT2D eigenvalue weighted by atomic mass is 19.1. The topological polar surface area (TPSA) is 89.9 Å². The molecule has 2 aliphatic heterocycles. The van der Waals surface area contributed by atoms with Crippen LogP contribution in [0.5, 0.6) is 0 Å². The van der Waals surface area contributed by atoms with Gasteiger partial charge in [0.25, 0.3) is 5.91 Å². The van der Waals surface area contributed by atoms with Crippen LogP contribution >= 0.6 is 0 Å². The monoisotopic (exact) mass is 413 g/mol. The molecule has 0 saturated carbocycles. The number of aliphatic hydroxyl groups excluding tert-OH is 1. The second kappa shape index (κ2) is 8.35. The van der Waals surface area contributed by atoms with E-state index >= 15 is 0 Å². The molecule has 9 heteroatoms. The van der Waals surface area contributed by atoms with Crippen LogP contribution in [0.4, 0.5) is 15.1 Å². The van der Waals surface area contributed by atoms with E-state index in [0.29, 0.717) is 44.8 Å². The van der Waals surface area contributed by atoms with Gasteiger partial charge in [-0.2, -0.15) is 0 Å². The Kier molecular flexibility index (Phi) is 5.63. The quantitative estimate of drug-likeness (QED) is 0.727. The highest BCUT2D eigenvalue weighted by Gasteiger charge is 2.57. The molecule has 1 spiro atoms. The van der Waals surface area contributed by atoms with Gasteiger partial charge in [0.2, 0.25) is 5.95 Å². The van der Waals surface area contributed by atoms with Crippen LogP contribution < -0.4 is 4.90 Å². The SMILES string of the molecule is O=C1N(CCCO)C(=O)C2(CCN(c3ncc(F)cn3)CC2)N1Cc1ccccc1. The van der Waals surface area contributed by atoms with Crippen molar-refractivity contribution in [2.45, 2.75) is 31.3 Å². The van der Waals surface area contributed by atoms with Crippen LogP contribution in [0.2, 0.25) is 0 Å². The number of nitrogens with zero attached hydrogens (tertiary/aromatic N) is 5. The molecule has 158 valence electrons. The maximum absolute atomic E-state index is 13.4. The molecule has 1 N–H and O–H groups in total. The van der Waals surface area contributed by atoms with E-state index < -0.39 is 11.4 Å². The van der Waals surface area contributed by atoms with E-state index in [9.17, 15) is 19.1 Å². The molecule has 1 aromatic carbocycles. The summed E-state index contributed by atoms with van der Waals surface area (Å²) in [6.07, 6.45) is 3.45. The number of urea groups is 1. The van der Waals surface area contributed by atoms with Gasteiger partial charge in [-0.15, -0.1) is 0 Å². The van der Waals surface area contributed by atoms with Crippen molar-refractivity contribution in [3.05, 3.63) is 54.1 Å². The van der Waals surface area contributed by atoms with Gasteiger partial charge >= 0.3 is 6.03 Å². The number of benzene rings is 1. The smallest absolute Gasteiger partial charge is 0.327 e. The molecule has 0 radical (unpaired) electrons. The molecular weight excluding hydrogens is 389 g/mol. The molecule has 2 fully saturated rings. The number of imide groups is 1. The molecule has 30 heavy (non-hydrogen) atoms. The van der Waals surface area contributed by atoms with Crippen molar-refractivity contribution in [2.24, 2.45) is 0 Å². The molecule has 2 saturated heterocycles. The molecule has 0 bridgehead atoms. The van der Waals surface area contributed by atoms with Crippen molar-refractivity contribution in [1.29, 1.82) is 0 Å². The number of aliphatic hydroxyl groups is 1. The number of aromatic nitrogens is 2. The summed E-state index contributed by atoms with van der Waals surface area (Å²) in [5.41, 5.74) is 0.0187. The minimum absolute atomic E-state index is 0.0849. The molecule has 1 aromatic heterocycles. The number of amides is 3. The van der Waals surface area contributed by atoms with Gasteiger partial charge in [0.05, 0.1) is 12.4 Å². The van der Waals surface area contributed by atoms with E-state index in [1.165, 1.54) is 4.90 Å². The van der Waals surface area contributed by atoms with Crippen LogP contribution in [0.25, 0.3) is 0 Å². The molecule has 4 rings (SSSR count). The van der Waals surface area contributed by atoms with Gasteiger partial charge in [0.15, 0.2) is 5.82 Å². The van der Waals surface area contributed by atoms with Crippen LogP contribution in [0.1, 0.15) is 24.8 Å². The first-order valence-electron chi connectivity index (χ1n) is 10.1. The minimum atomic E-state index is -0.932. The summed E-state index contributed by atoms with van der Waals surface area (Å²) < 4.78 is 13.1. The Labute approximate surface area is 173 Å². The third kappa shape index (κ3) is 3.60. The maximum Gasteiger partial charge on any atom is 0.327 e. The van der Waals surface area contributed by atoms with Crippen molar-refractivity contribution < 1.29 is 19.1 Å². The van der Waals surface area contributed by atoms with Crippen molar-refractivity contribution >= 4 is 17.9 Å². The number of hydrogen-bond donors (Lipinski definition) is 1. The Balaban J connectivity index is 1.58. The summed E-state index contributed by atoms with van der Waals surface area (Å²) in [4.78, 5) is 39.4. The number of rotatable bonds is 6. The lowest BCUT2D eigenvalue weighted by atomic mass is 9.85. The minimum Gasteiger partial charge on any atom is -0.396 e. The fraction of sp³-hybridized carbons (Fsp3) is 0.429. The number of piperidine rings is 1. The molecular formula is C21H24FN5O3. The van der Waals surface area contributed by atoms with Gasteiger partial charge in [-0.1, -0.05) is 30.3 Å². The first-order chi connectivity index (χ1) is 14.5. The molecule has 8 nitrogen and oxygen atoms in total. The molecule has 0 atom stereocenters. The number of halogens is 1. The van der Waals surface area contributed by atoms with E-state index in [2.05, 4.69) is 9.97 Å². The Bertz CT molecular complexity index is 901. The zero-order chi connectivity index (χ0) is 21.1. The van der Waals surface area contributed by atoms with Crippen LogP contribution in [0, 0.1) is 5.82 Å². The zero-order valence-corrected chi connectivity index (χ0v) is 16.6. The van der Waals surface area contributed by atoms with Crippen LogP contribution in [0.3, 0.4) is 0 Å². The summed E-state index contributed by atoms with van der Waals surface area (Å²) in [7, 11) is 0. The Hall–Kier alpha value is -3.07. The van der Waals surface area contributed by atoms with Crippen molar-refractivity contribution in [3.63, 3.8) is 0 Å². The van der Waals surface area contributed by atoms with Crippen molar-refractivity contribution in [2.75, 3.05) is 31.1 Å². The number of carbonyl (C=O) groups excluding carboxylic acids is 2. The summed E-state index contributed by atoms with van der Waals surface area (Å²) in [5.74, 6) is -0.302. The number of anilines is 1. The van der Waals surface area contributed by atoms with Gasteiger partial charge in [0, 0.05) is 32.8 Å². The van der Waals surface area contributed by atoms with Crippen LogP contribution in [-0.2, 0) is 11.3 Å². The lowest BCUT2D eigenvalue weighted by Crippen LogP contribution is -2.56. The van der Waals surface area contributed by atoms with Gasteiger partial charge < -0.3 is 14.9 Å². The lowest BCUT2D eigenvalue weighted by molar-refractivity contribution is -0.134. The number of carbonyl (C=O) groups is 2. The predicted octanol–water partition coefficient (Wildman–Crippen LogP) is 1.80. The van der Waals surface area contributed by atoms with E-state index in [0.717, 1.165) is 18.0 Å². The maximum atomic E-state index is 13.4. The van der Waals surface area contributed by atoms with Gasteiger partial charge in [-0.25, -0.2) is 19.2 Å². The average Bonchev–Trinajstić information content (AvgIpc) is 2.95. The molecule has 3 amide bonds. The predicted molar refractivity (Wildman–Crippen MR) is 107 cm³/mol. The normalized spacial score (nSPS) is 18.5. The molecule has 2 aliphatic rings. The fourth-order valence-corrected chi connectivity index (χ4v) is 4.22. The summed E-state index contributed by atoms with van der Waals surface area (Å²) in [6, 6.07) is 9.27.